The van der Waals surface area contributed by atoms with Crippen LogP contribution in [0.3, 0.4) is 0 Å². The molecular weight excluding hydrogens is 276 g/mol. The van der Waals surface area contributed by atoms with Gasteiger partial charge in [0.15, 0.2) is 8.32 Å². The van der Waals surface area contributed by atoms with E-state index in [-0.39, 0.29) is 5.60 Å². The zero-order valence-corrected chi connectivity index (χ0v) is 12.8. The fourth-order valence-electron chi connectivity index (χ4n) is 1.54. The lowest BCUT2D eigenvalue weighted by Gasteiger charge is -2.32. The topological polar surface area (TPSA) is 9.23 Å². The van der Waals surface area contributed by atoms with Gasteiger partial charge in [-0.15, -0.1) is 11.3 Å². The smallest absolute Gasteiger partial charge is 0.184 e. The highest BCUT2D eigenvalue weighted by molar-refractivity contribution is 9.10. The maximum absolute atomic E-state index is 6.17. The number of hydrogen-bond acceptors (Lipinski definition) is 2. The van der Waals surface area contributed by atoms with Gasteiger partial charge in [0.05, 0.1) is 5.60 Å². The third-order valence-electron chi connectivity index (χ3n) is 1.73. The van der Waals surface area contributed by atoms with Crippen molar-refractivity contribution in [2.75, 3.05) is 0 Å². The van der Waals surface area contributed by atoms with Crippen LogP contribution >= 0.6 is 27.3 Å². The van der Waals surface area contributed by atoms with E-state index in [1.807, 2.05) is 0 Å². The number of halogens is 1. The quantitative estimate of drug-likeness (QED) is 0.740. The van der Waals surface area contributed by atoms with E-state index in [1.54, 1.807) is 11.3 Å². The highest BCUT2D eigenvalue weighted by Crippen LogP contribution is 2.37. The summed E-state index contributed by atoms with van der Waals surface area (Å²) in [5, 5.41) is 2.09. The first-order chi connectivity index (χ1) is 6.22. The van der Waals surface area contributed by atoms with Crippen molar-refractivity contribution in [2.45, 2.75) is 39.1 Å². The Labute approximate surface area is 99.7 Å². The standard InChI is InChI=1S/C10H17BrOSSi/c1-10(2,12-14(3,4)5)9-8(11)6-7-13-9/h6-7H,1-5H3. The summed E-state index contributed by atoms with van der Waals surface area (Å²) in [6.07, 6.45) is 0. The van der Waals surface area contributed by atoms with Gasteiger partial charge >= 0.3 is 0 Å². The van der Waals surface area contributed by atoms with Gasteiger partial charge in [-0.05, 0) is 60.9 Å². The van der Waals surface area contributed by atoms with Crippen LogP contribution in [0.25, 0.3) is 0 Å². The molecule has 0 aliphatic heterocycles. The molecule has 0 amide bonds. The summed E-state index contributed by atoms with van der Waals surface area (Å²) in [6, 6.07) is 2.08. The number of hydrogen-bond donors (Lipinski definition) is 0. The predicted octanol–water partition coefficient (Wildman–Crippen LogP) is 4.60. The molecule has 0 aliphatic carbocycles. The summed E-state index contributed by atoms with van der Waals surface area (Å²) in [5.74, 6) is 0. The van der Waals surface area contributed by atoms with E-state index in [9.17, 15) is 0 Å². The maximum Gasteiger partial charge on any atom is 0.184 e. The summed E-state index contributed by atoms with van der Waals surface area (Å²) in [4.78, 5) is 1.28. The molecule has 4 heteroatoms. The molecular formula is C10H17BrOSSi. The molecule has 14 heavy (non-hydrogen) atoms. The van der Waals surface area contributed by atoms with Crippen LogP contribution in [-0.2, 0) is 10.0 Å². The molecule has 0 fully saturated rings. The third kappa shape index (κ3) is 3.19. The lowest BCUT2D eigenvalue weighted by molar-refractivity contribution is 0.103. The molecule has 1 heterocycles. The van der Waals surface area contributed by atoms with Gasteiger partial charge in [0.1, 0.15) is 0 Å². The van der Waals surface area contributed by atoms with Crippen molar-refractivity contribution in [1.82, 2.24) is 0 Å². The average molecular weight is 293 g/mol. The maximum atomic E-state index is 6.17. The highest BCUT2D eigenvalue weighted by atomic mass is 79.9. The minimum absolute atomic E-state index is 0.169. The van der Waals surface area contributed by atoms with Crippen molar-refractivity contribution < 1.29 is 4.43 Å². The monoisotopic (exact) mass is 292 g/mol. The molecule has 1 rings (SSSR count). The fraction of sp³-hybridized carbons (Fsp3) is 0.600. The largest absolute Gasteiger partial charge is 0.408 e. The van der Waals surface area contributed by atoms with E-state index in [4.69, 9.17) is 4.43 Å². The van der Waals surface area contributed by atoms with Gasteiger partial charge in [0, 0.05) is 9.35 Å². The van der Waals surface area contributed by atoms with Crippen LogP contribution in [0, 0.1) is 0 Å². The lowest BCUT2D eigenvalue weighted by atomic mass is 10.1. The average Bonchev–Trinajstić information content (AvgIpc) is 2.29. The Bertz CT molecular complexity index is 314. The molecule has 0 spiro atoms. The Morgan fingerprint density at radius 1 is 1.36 bits per heavy atom. The van der Waals surface area contributed by atoms with Crippen molar-refractivity contribution in [2.24, 2.45) is 0 Å². The van der Waals surface area contributed by atoms with Crippen LogP contribution in [0.2, 0.25) is 19.6 Å². The zero-order chi connectivity index (χ0) is 11.0. The molecule has 0 aromatic carbocycles. The van der Waals surface area contributed by atoms with Crippen LogP contribution in [0.5, 0.6) is 0 Å². The van der Waals surface area contributed by atoms with Gasteiger partial charge in [-0.25, -0.2) is 0 Å². The molecule has 1 aromatic rings. The second-order valence-corrected chi connectivity index (χ2v) is 11.0. The molecule has 0 unspecified atom stereocenters. The van der Waals surface area contributed by atoms with E-state index in [2.05, 4.69) is 60.9 Å². The Morgan fingerprint density at radius 2 is 1.93 bits per heavy atom. The Balaban J connectivity index is 2.91. The van der Waals surface area contributed by atoms with Crippen LogP contribution in [0.15, 0.2) is 15.9 Å². The Hall–Kier alpha value is 0.357. The SMILES string of the molecule is CC(C)(O[Si](C)(C)C)c1sccc1Br. The van der Waals surface area contributed by atoms with Gasteiger partial charge in [-0.1, -0.05) is 0 Å². The van der Waals surface area contributed by atoms with Crippen LogP contribution in [-0.4, -0.2) is 8.32 Å². The van der Waals surface area contributed by atoms with Crippen LogP contribution < -0.4 is 0 Å². The van der Waals surface area contributed by atoms with Gasteiger partial charge in [-0.2, -0.15) is 0 Å². The molecule has 1 nitrogen and oxygen atoms in total. The second kappa shape index (κ2) is 4.08. The van der Waals surface area contributed by atoms with Gasteiger partial charge in [0.2, 0.25) is 0 Å². The summed E-state index contributed by atoms with van der Waals surface area (Å²) >= 11 is 5.30. The fourth-order valence-corrected chi connectivity index (χ4v) is 5.15. The molecule has 0 atom stereocenters. The van der Waals surface area contributed by atoms with Crippen molar-refractivity contribution >= 4 is 35.6 Å². The van der Waals surface area contributed by atoms with E-state index >= 15 is 0 Å². The lowest BCUT2D eigenvalue weighted by Crippen LogP contribution is -2.36. The summed E-state index contributed by atoms with van der Waals surface area (Å²) in [6.45, 7) is 10.9. The molecule has 80 valence electrons. The molecule has 0 bridgehead atoms. The first-order valence-electron chi connectivity index (χ1n) is 4.66. The van der Waals surface area contributed by atoms with Crippen LogP contribution in [0.1, 0.15) is 18.7 Å². The van der Waals surface area contributed by atoms with E-state index in [1.165, 1.54) is 4.88 Å². The van der Waals surface area contributed by atoms with Crippen molar-refractivity contribution in [1.29, 1.82) is 0 Å². The van der Waals surface area contributed by atoms with Gasteiger partial charge in [0.25, 0.3) is 0 Å². The normalized spacial score (nSPS) is 13.3. The molecule has 0 radical (unpaired) electrons. The summed E-state index contributed by atoms with van der Waals surface area (Å²) in [5.41, 5.74) is -0.169. The molecule has 0 saturated carbocycles. The van der Waals surface area contributed by atoms with E-state index in [0.717, 1.165) is 4.47 Å². The minimum Gasteiger partial charge on any atom is -0.408 e. The van der Waals surface area contributed by atoms with Crippen molar-refractivity contribution in [3.8, 4) is 0 Å². The molecule has 1 aromatic heterocycles. The Morgan fingerprint density at radius 3 is 2.29 bits per heavy atom. The third-order valence-corrected chi connectivity index (χ3v) is 4.99. The van der Waals surface area contributed by atoms with Gasteiger partial charge < -0.3 is 4.43 Å². The predicted molar refractivity (Wildman–Crippen MR) is 69.5 cm³/mol. The van der Waals surface area contributed by atoms with Crippen LogP contribution in [0.4, 0.5) is 0 Å². The van der Waals surface area contributed by atoms with E-state index < -0.39 is 8.32 Å². The molecule has 0 N–H and O–H groups in total. The summed E-state index contributed by atoms with van der Waals surface area (Å²) < 4.78 is 7.33. The molecule has 0 saturated heterocycles. The number of rotatable bonds is 3. The second-order valence-electron chi connectivity index (χ2n) is 4.82. The molecule has 0 aliphatic rings. The Kier molecular flexibility index (Phi) is 3.62. The number of thiophene rings is 1. The highest BCUT2D eigenvalue weighted by Gasteiger charge is 2.31. The summed E-state index contributed by atoms with van der Waals surface area (Å²) in [7, 11) is -1.49. The van der Waals surface area contributed by atoms with Gasteiger partial charge in [-0.3, -0.25) is 0 Å². The minimum atomic E-state index is -1.49. The van der Waals surface area contributed by atoms with Crippen molar-refractivity contribution in [3.63, 3.8) is 0 Å². The van der Waals surface area contributed by atoms with Crippen molar-refractivity contribution in [3.05, 3.63) is 20.8 Å². The van der Waals surface area contributed by atoms with E-state index in [0.29, 0.717) is 0 Å². The first kappa shape index (κ1) is 12.4. The first-order valence-corrected chi connectivity index (χ1v) is 9.74. The zero-order valence-electron chi connectivity index (χ0n) is 9.35.